The van der Waals surface area contributed by atoms with Gasteiger partial charge >= 0.3 is 31.3 Å². The van der Waals surface area contributed by atoms with E-state index in [4.69, 9.17) is 45.2 Å². The summed E-state index contributed by atoms with van der Waals surface area (Å²) in [5.41, 5.74) is -12.0. The normalized spacial score (nSPS) is 15.6. The monoisotopic (exact) mass is 1230 g/mol. The van der Waals surface area contributed by atoms with E-state index in [0.717, 1.165) is 30.6 Å². The van der Waals surface area contributed by atoms with Crippen LogP contribution in [0.2, 0.25) is 0 Å². The van der Waals surface area contributed by atoms with Crippen LogP contribution in [-0.2, 0) is 36.0 Å². The zero-order chi connectivity index (χ0) is 80.9. The maximum absolute atomic E-state index is 16.0. The number of tetrazole rings is 2. The molecule has 4 aromatic carbocycles. The largest absolute Gasteiger partial charge is 0.488 e. The lowest BCUT2D eigenvalue weighted by Gasteiger charge is -2.35. The summed E-state index contributed by atoms with van der Waals surface area (Å²) in [6.07, 6.45) is -5.77. The summed E-state index contributed by atoms with van der Waals surface area (Å²) < 4.78 is 334. The number of hydrogen-bond acceptors (Lipinski definition) is 14. The summed E-state index contributed by atoms with van der Waals surface area (Å²) in [4.78, 5) is 7.14. The van der Waals surface area contributed by atoms with Gasteiger partial charge < -0.3 is 29.7 Å². The Bertz CT molecular complexity index is 3450. The van der Waals surface area contributed by atoms with Gasteiger partial charge in [0.05, 0.1) is 18.5 Å². The number of nitrogens with zero attached hydrogens (tertiary/aromatic N) is 10. The number of alkyl halides is 10. The van der Waals surface area contributed by atoms with E-state index in [0.29, 0.717) is 47.0 Å². The Kier molecular flexibility index (Phi) is 13.2. The Morgan fingerprint density at radius 1 is 0.564 bits per heavy atom. The molecule has 434 valence electrons. The molecule has 0 radical (unpaired) electrons. The highest BCUT2D eigenvalue weighted by atomic mass is 79.9. The van der Waals surface area contributed by atoms with E-state index in [1.54, 1.807) is 0 Å². The molecule has 0 aliphatic carbocycles. The third-order valence-corrected chi connectivity index (χ3v) is 10.6. The Morgan fingerprint density at radius 2 is 0.974 bits per heavy atom. The molecule has 32 heteroatoms. The fourth-order valence-corrected chi connectivity index (χ4v) is 6.65. The van der Waals surface area contributed by atoms with Crippen molar-refractivity contribution in [3.63, 3.8) is 0 Å². The predicted octanol–water partition coefficient (Wildman–Crippen LogP) is 10.4. The predicted molar refractivity (Wildman–Crippen MR) is 268 cm³/mol. The van der Waals surface area contributed by atoms with Gasteiger partial charge in [0, 0.05) is 76.8 Å². The van der Waals surface area contributed by atoms with Gasteiger partial charge in [-0.25, -0.2) is 26.9 Å². The number of rotatable bonds is 16. The Labute approximate surface area is 475 Å². The first kappa shape index (κ1) is 42.4. The van der Waals surface area contributed by atoms with Gasteiger partial charge in [0.15, 0.2) is 24.4 Å². The molecule has 4 aromatic heterocycles. The number of aromatic nitrogens is 10. The van der Waals surface area contributed by atoms with Crippen LogP contribution in [0.3, 0.4) is 0 Å². The third-order valence-electron chi connectivity index (χ3n) is 10.1. The van der Waals surface area contributed by atoms with E-state index in [1.165, 1.54) is 54.6 Å². The second-order valence-corrected chi connectivity index (χ2v) is 16.5. The van der Waals surface area contributed by atoms with Gasteiger partial charge in [0.2, 0.25) is 0 Å². The van der Waals surface area contributed by atoms with E-state index < -0.39 is 115 Å². The third kappa shape index (κ3) is 14.9. The molecule has 4 heterocycles. The fourth-order valence-electron chi connectivity index (χ4n) is 6.41. The van der Waals surface area contributed by atoms with Crippen LogP contribution in [0.1, 0.15) is 59.1 Å². The van der Waals surface area contributed by atoms with Crippen molar-refractivity contribution in [1.82, 2.24) is 50.4 Å². The Balaban J connectivity index is -0.000000321. The van der Waals surface area contributed by atoms with Crippen molar-refractivity contribution in [1.29, 1.82) is 0 Å². The van der Waals surface area contributed by atoms with Gasteiger partial charge in [-0.3, -0.25) is 9.97 Å². The average Bonchev–Trinajstić information content (AvgIpc) is 1.45. The van der Waals surface area contributed by atoms with Crippen LogP contribution in [0.4, 0.5) is 61.5 Å². The van der Waals surface area contributed by atoms with E-state index in [2.05, 4.69) is 66.4 Å². The van der Waals surface area contributed by atoms with Crippen molar-refractivity contribution >= 4 is 28.5 Å². The first-order chi connectivity index (χ1) is 48.1. The number of pyridine rings is 2. The molecule has 0 aliphatic rings. The number of aliphatic hydroxyl groups is 2. The first-order valence-electron chi connectivity index (χ1n) is 33.2. The molecular formula is C46H56BBrF14N10O6. The molecule has 2 atom stereocenters. The lowest BCUT2D eigenvalue weighted by molar-refractivity contribution is -0.207. The SMILES string of the molecule is OB(O)c1ccc(OCC(F)(F)F)cc1.[2HH].[2H]C([2H])(n1cnnn1)C(O)(c1ccc(F)cc1F)C(F)(F)c1ccc(-c2ccc(OCC(F)(F)F)cc2)cn1.[2H]C([2H])(n1cnnn1)C(O)(c1ccc(F)cc1F)C(F)(F)c1ccc(Br)cn1.[2H][2H].[2H][2H].[2H][2H].[2H][2H].[2H][2H].[2H][2H].[2H][2H].[2H][2H].[2H][2H].[2H][2H]. The highest BCUT2D eigenvalue weighted by Crippen LogP contribution is 2.48. The summed E-state index contributed by atoms with van der Waals surface area (Å²) in [5.74, 6) is -14.8. The van der Waals surface area contributed by atoms with Gasteiger partial charge in [0.25, 0.3) is 0 Å². The number of ether oxygens (including phenoxy) is 2. The van der Waals surface area contributed by atoms with Crippen LogP contribution < -0.4 is 14.9 Å². The zero-order valence-electron chi connectivity index (χ0n) is 62.4. The highest BCUT2D eigenvalue weighted by Gasteiger charge is 2.59. The second-order valence-electron chi connectivity index (χ2n) is 15.6. The van der Waals surface area contributed by atoms with Crippen molar-refractivity contribution in [2.24, 2.45) is 0 Å². The minimum atomic E-state index is -4.67. The van der Waals surface area contributed by atoms with Crippen LogP contribution in [-0.4, -0.2) is 103 Å². The summed E-state index contributed by atoms with van der Waals surface area (Å²) in [6.45, 7) is -9.96. The fraction of sp³-hybridized carbons (Fsp3) is 0.217. The molecule has 78 heavy (non-hydrogen) atoms. The Hall–Kier alpha value is -7.68. The van der Waals surface area contributed by atoms with Crippen molar-refractivity contribution in [2.45, 2.75) is 48.4 Å². The van der Waals surface area contributed by atoms with E-state index in [1.807, 2.05) is 0 Å². The molecule has 8 rings (SSSR count). The number of hydrogen-bond donors (Lipinski definition) is 4. The van der Waals surface area contributed by atoms with E-state index >= 15 is 17.6 Å². The molecule has 0 fully saturated rings. The molecule has 0 amide bonds. The Morgan fingerprint density at radius 3 is 1.32 bits per heavy atom. The first-order valence-corrected chi connectivity index (χ1v) is 22.0. The average molecular weight is 1230 g/mol. The van der Waals surface area contributed by atoms with Crippen LogP contribution in [0.25, 0.3) is 11.1 Å². The number of halogens is 15. The highest BCUT2D eigenvalue weighted by molar-refractivity contribution is 9.10. The van der Waals surface area contributed by atoms with Crippen LogP contribution >= 0.6 is 15.9 Å². The standard InChI is InChI=1S/C23H16F7N5O2.C15H10BrF4N5O.C8H8BF3O3.11H2/c24-16-4-7-18(19(25)9-16)21(36,11-35-13-32-33-34-35)23(29,30)20-8-3-15(10-31-20)14-1-5-17(6-2-14)37-12-22(26,27)28;16-9-1-4-13(21-6-9)15(19,20)14(26,7-25-8-22-23-24-25)11-3-2-10(17)5-12(11)18;10-8(11,12)5-15-7-3-1-6(2-4-7)9(13)14;;;;;;;;;;;/h1-10,13,36H,11-12H2;1-6,8,26H,7H2;1-4,13-14H,5H2;11*1H/i11D2;7D2;;10*1+1D;1+1. The molecule has 0 spiro atoms. The summed E-state index contributed by atoms with van der Waals surface area (Å²) in [7, 11) is -1.64. The summed E-state index contributed by atoms with van der Waals surface area (Å²) in [5, 5.41) is 58.9. The quantitative estimate of drug-likeness (QED) is 0.0524. The second kappa shape index (κ2) is 24.3. The smallest absolute Gasteiger partial charge is 0.484 e. The zero-order valence-corrected chi connectivity index (χ0v) is 40.0. The van der Waals surface area contributed by atoms with Crippen LogP contribution in [0.5, 0.6) is 11.5 Å². The number of benzene rings is 4. The summed E-state index contributed by atoms with van der Waals surface area (Å²) >= 11 is 3.02. The molecule has 0 saturated heterocycles. The lowest BCUT2D eigenvalue weighted by atomic mass is 9.80. The van der Waals surface area contributed by atoms with E-state index in [9.17, 15) is 54.1 Å². The van der Waals surface area contributed by atoms with Crippen molar-refractivity contribution in [2.75, 3.05) is 13.2 Å². The summed E-state index contributed by atoms with van der Waals surface area (Å²) in [6, 6.07) is 16.7. The molecule has 0 saturated carbocycles. The lowest BCUT2D eigenvalue weighted by Crippen LogP contribution is -2.48. The molecular weight excluding hydrogens is 1150 g/mol. The van der Waals surface area contributed by atoms with Gasteiger partial charge in [-0.2, -0.15) is 43.9 Å². The van der Waals surface area contributed by atoms with Crippen molar-refractivity contribution in [3.8, 4) is 22.6 Å². The van der Waals surface area contributed by atoms with Crippen LogP contribution in [0.15, 0.2) is 139 Å². The van der Waals surface area contributed by atoms with Crippen molar-refractivity contribution < 1.29 is 128 Å². The van der Waals surface area contributed by atoms with Gasteiger partial charge in [-0.05, 0) is 115 Å². The van der Waals surface area contributed by atoms with Crippen LogP contribution in [0, 0.1) is 23.3 Å². The van der Waals surface area contributed by atoms with Gasteiger partial charge in [-0.1, -0.05) is 30.3 Å². The molecule has 0 aliphatic heterocycles. The molecule has 8 aromatic rings. The topological polar surface area (TPSA) is 212 Å². The van der Waals surface area contributed by atoms with Gasteiger partial charge in [-0.15, -0.1) is 10.2 Å². The maximum Gasteiger partial charge on any atom is 0.488 e. The minimum absolute atomic E-state index is 0. The van der Waals surface area contributed by atoms with E-state index in [-0.39, 0.29) is 45.4 Å². The minimum Gasteiger partial charge on any atom is -0.484 e. The molecule has 0 bridgehead atoms. The maximum atomic E-state index is 16.0. The van der Waals surface area contributed by atoms with Crippen molar-refractivity contribution in [3.05, 3.63) is 184 Å². The molecule has 16 nitrogen and oxygen atoms in total. The molecule has 2 unspecified atom stereocenters. The molecule has 4 N–H and O–H groups in total. The van der Waals surface area contributed by atoms with Gasteiger partial charge in [0.1, 0.15) is 58.8 Å².